The number of aliphatic hydroxyl groups is 1. The van der Waals surface area contributed by atoms with E-state index in [4.69, 9.17) is 38.5 Å². The summed E-state index contributed by atoms with van der Waals surface area (Å²) in [6.45, 7) is 6.43. The van der Waals surface area contributed by atoms with Crippen LogP contribution in [-0.4, -0.2) is 103 Å². The van der Waals surface area contributed by atoms with E-state index in [-0.39, 0.29) is 62.5 Å². The largest absolute Gasteiger partial charge is 0.481 e. The van der Waals surface area contributed by atoms with Crippen LogP contribution in [-0.2, 0) is 58.4 Å². The molecule has 304 valence electrons. The number of amides is 2. The number of ether oxygens (including phenoxy) is 6. The highest BCUT2D eigenvalue weighted by Gasteiger charge is 2.45. The summed E-state index contributed by atoms with van der Waals surface area (Å²) in [5, 5.41) is 26.0. The number of fused-ring (bicyclic) bond motifs is 5. The van der Waals surface area contributed by atoms with Crippen LogP contribution < -0.4 is 20.9 Å². The molecular weight excluding hydrogens is 732 g/mol. The van der Waals surface area contributed by atoms with E-state index in [1.807, 2.05) is 6.92 Å². The van der Waals surface area contributed by atoms with Crippen molar-refractivity contribution in [3.8, 4) is 17.1 Å². The van der Waals surface area contributed by atoms with Crippen molar-refractivity contribution in [2.45, 2.75) is 77.5 Å². The SMILES string of the molecule is CCc1c2c(nc3ccc(OC(=O)NCCCCCCNC(=O)OCCOCCOCCOCCC(=O)O)cc13)-c1cc3c(c(=O)n1C2)COC(=O)[C@]3(O)CC. The fourth-order valence-corrected chi connectivity index (χ4v) is 6.68. The summed E-state index contributed by atoms with van der Waals surface area (Å²) >= 11 is 0. The third kappa shape index (κ3) is 10.4. The predicted molar refractivity (Wildman–Crippen MR) is 200 cm³/mol. The van der Waals surface area contributed by atoms with E-state index in [0.29, 0.717) is 68.6 Å². The Hall–Kier alpha value is -5.10. The van der Waals surface area contributed by atoms with Crippen LogP contribution in [0.15, 0.2) is 29.1 Å². The van der Waals surface area contributed by atoms with Crippen LogP contribution in [0.25, 0.3) is 22.3 Å². The van der Waals surface area contributed by atoms with Crippen molar-refractivity contribution in [3.63, 3.8) is 0 Å². The molecule has 0 radical (unpaired) electrons. The van der Waals surface area contributed by atoms with Crippen LogP contribution in [0.4, 0.5) is 9.59 Å². The summed E-state index contributed by atoms with van der Waals surface area (Å²) in [5.74, 6) is -1.32. The van der Waals surface area contributed by atoms with Crippen molar-refractivity contribution in [1.82, 2.24) is 20.2 Å². The molecule has 56 heavy (non-hydrogen) atoms. The highest BCUT2D eigenvalue weighted by atomic mass is 16.6. The average molecular weight is 783 g/mol. The minimum atomic E-state index is -1.90. The number of benzene rings is 1. The Bertz CT molecular complexity index is 1950. The second kappa shape index (κ2) is 20.2. The number of nitrogens with zero attached hydrogens (tertiary/aromatic N) is 2. The van der Waals surface area contributed by atoms with Crippen molar-refractivity contribution in [2.24, 2.45) is 0 Å². The molecule has 4 heterocycles. The fraction of sp³-hybridized carbons (Fsp3) is 0.538. The molecule has 5 rings (SSSR count). The first-order valence-corrected chi connectivity index (χ1v) is 19.0. The normalized spacial score (nSPS) is 15.4. The van der Waals surface area contributed by atoms with E-state index in [1.54, 1.807) is 35.8 Å². The number of aromatic nitrogens is 2. The summed E-state index contributed by atoms with van der Waals surface area (Å²) in [5.41, 5.74) is 1.93. The summed E-state index contributed by atoms with van der Waals surface area (Å²) in [4.78, 5) is 65.8. The van der Waals surface area contributed by atoms with Gasteiger partial charge in [0.05, 0.1) is 75.1 Å². The van der Waals surface area contributed by atoms with Crippen molar-refractivity contribution in [2.75, 3.05) is 59.3 Å². The second-order valence-electron chi connectivity index (χ2n) is 13.3. The number of cyclic esters (lactones) is 1. The zero-order valence-corrected chi connectivity index (χ0v) is 31.8. The highest BCUT2D eigenvalue weighted by molar-refractivity contribution is 5.90. The molecule has 0 saturated carbocycles. The van der Waals surface area contributed by atoms with Crippen LogP contribution in [0.5, 0.6) is 5.75 Å². The van der Waals surface area contributed by atoms with E-state index < -0.39 is 29.7 Å². The van der Waals surface area contributed by atoms with Gasteiger partial charge in [-0.15, -0.1) is 0 Å². The van der Waals surface area contributed by atoms with E-state index in [2.05, 4.69) is 10.6 Å². The van der Waals surface area contributed by atoms with Crippen LogP contribution in [0.1, 0.15) is 74.6 Å². The van der Waals surface area contributed by atoms with Crippen LogP contribution in [0.3, 0.4) is 0 Å². The molecule has 0 saturated heterocycles. The molecule has 1 atom stereocenters. The van der Waals surface area contributed by atoms with Crippen LogP contribution in [0, 0.1) is 0 Å². The van der Waals surface area contributed by atoms with Crippen molar-refractivity contribution in [1.29, 1.82) is 0 Å². The maximum Gasteiger partial charge on any atom is 0.412 e. The van der Waals surface area contributed by atoms with Gasteiger partial charge in [0.15, 0.2) is 5.60 Å². The molecule has 2 aliphatic rings. The first kappa shape index (κ1) is 42.1. The van der Waals surface area contributed by atoms with Gasteiger partial charge in [0, 0.05) is 29.6 Å². The lowest BCUT2D eigenvalue weighted by molar-refractivity contribution is -0.172. The summed E-state index contributed by atoms with van der Waals surface area (Å²) < 4.78 is 33.2. The maximum atomic E-state index is 13.6. The number of nitrogens with one attached hydrogen (secondary N) is 2. The van der Waals surface area contributed by atoms with Crippen molar-refractivity contribution < 1.29 is 57.8 Å². The molecule has 0 fully saturated rings. The number of aryl methyl sites for hydroxylation is 1. The number of esters is 1. The molecule has 0 spiro atoms. The van der Waals surface area contributed by atoms with E-state index in [9.17, 15) is 29.1 Å². The Morgan fingerprint density at radius 3 is 2.20 bits per heavy atom. The van der Waals surface area contributed by atoms with Crippen LogP contribution >= 0.6 is 0 Å². The molecule has 0 bridgehead atoms. The maximum absolute atomic E-state index is 13.6. The lowest BCUT2D eigenvalue weighted by atomic mass is 9.86. The Kier molecular flexibility index (Phi) is 15.2. The molecule has 0 unspecified atom stereocenters. The first-order valence-electron chi connectivity index (χ1n) is 19.0. The number of carboxylic acids is 1. The zero-order chi connectivity index (χ0) is 40.1. The average Bonchev–Trinajstić information content (AvgIpc) is 3.55. The topological polar surface area (TPSA) is 223 Å². The monoisotopic (exact) mass is 782 g/mol. The Labute approximate surface area is 323 Å². The molecule has 17 nitrogen and oxygen atoms in total. The highest BCUT2D eigenvalue weighted by Crippen LogP contribution is 2.40. The lowest BCUT2D eigenvalue weighted by Gasteiger charge is -2.31. The lowest BCUT2D eigenvalue weighted by Crippen LogP contribution is -2.44. The number of unbranched alkanes of at least 4 members (excludes halogenated alkanes) is 3. The number of pyridine rings is 2. The fourth-order valence-electron chi connectivity index (χ4n) is 6.68. The summed E-state index contributed by atoms with van der Waals surface area (Å²) in [6.07, 6.45) is 2.70. The number of carbonyl (C=O) groups is 4. The number of alkyl carbamates (subject to hydrolysis) is 1. The minimum absolute atomic E-state index is 0.0439. The third-order valence-corrected chi connectivity index (χ3v) is 9.65. The molecule has 2 amide bonds. The molecule has 3 aromatic rings. The van der Waals surface area contributed by atoms with Gasteiger partial charge >= 0.3 is 24.1 Å². The van der Waals surface area contributed by atoms with Gasteiger partial charge in [-0.1, -0.05) is 26.7 Å². The smallest absolute Gasteiger partial charge is 0.412 e. The number of carbonyl (C=O) groups excluding carboxylic acids is 3. The predicted octanol–water partition coefficient (Wildman–Crippen LogP) is 3.54. The van der Waals surface area contributed by atoms with Gasteiger partial charge in [0.25, 0.3) is 5.56 Å². The zero-order valence-electron chi connectivity index (χ0n) is 31.8. The Morgan fingerprint density at radius 1 is 0.875 bits per heavy atom. The quantitative estimate of drug-likeness (QED) is 0.0662. The Balaban J connectivity index is 0.982. The van der Waals surface area contributed by atoms with E-state index >= 15 is 0 Å². The van der Waals surface area contributed by atoms with E-state index in [0.717, 1.165) is 42.2 Å². The molecule has 2 aliphatic heterocycles. The molecule has 4 N–H and O–H groups in total. The van der Waals surface area contributed by atoms with Crippen LogP contribution in [0.2, 0.25) is 0 Å². The standard InChI is InChI=1S/C39H50N4O13/c1-3-26-27-21-25(9-10-31(27)42-34-28(26)23-43-32(34)22-30-29(35(43)46)24-55-36(47)39(30,50)4-2)56-38(49)41-13-8-6-5-7-12-40-37(48)54-20-19-53-18-17-52-16-15-51-14-11-33(44)45/h9-10,21-22,50H,3-8,11-20,23-24H2,1-2H3,(H,40,48)(H,41,49)(H,44,45)/t39-/m0/s1. The number of rotatable bonds is 22. The van der Waals surface area contributed by atoms with Crippen molar-refractivity contribution >= 4 is 35.0 Å². The summed E-state index contributed by atoms with van der Waals surface area (Å²) in [7, 11) is 0. The minimum Gasteiger partial charge on any atom is -0.481 e. The van der Waals surface area contributed by atoms with Crippen molar-refractivity contribution in [3.05, 3.63) is 56.9 Å². The van der Waals surface area contributed by atoms with Gasteiger partial charge in [-0.3, -0.25) is 9.59 Å². The van der Waals surface area contributed by atoms with Gasteiger partial charge in [0.1, 0.15) is 19.0 Å². The molecule has 17 heteroatoms. The van der Waals surface area contributed by atoms with E-state index in [1.165, 1.54) is 0 Å². The summed E-state index contributed by atoms with van der Waals surface area (Å²) in [6, 6.07) is 6.89. The van der Waals surface area contributed by atoms with Gasteiger partial charge in [-0.25, -0.2) is 19.4 Å². The van der Waals surface area contributed by atoms with Gasteiger partial charge in [-0.2, -0.15) is 0 Å². The Morgan fingerprint density at radius 2 is 1.54 bits per heavy atom. The number of carboxylic acid groups (broad SMARTS) is 1. The number of hydrogen-bond donors (Lipinski definition) is 4. The van der Waals surface area contributed by atoms with Gasteiger partial charge < -0.3 is 53.8 Å². The first-order chi connectivity index (χ1) is 27.1. The second-order valence-corrected chi connectivity index (χ2v) is 13.3. The molecule has 2 aromatic heterocycles. The van der Waals surface area contributed by atoms with Gasteiger partial charge in [0.2, 0.25) is 0 Å². The third-order valence-electron chi connectivity index (χ3n) is 9.65. The molecular formula is C39H50N4O13. The molecule has 0 aliphatic carbocycles. The van der Waals surface area contributed by atoms with Gasteiger partial charge in [-0.05, 0) is 55.5 Å². The molecule has 1 aromatic carbocycles. The number of hydrogen-bond acceptors (Lipinski definition) is 13. The number of aliphatic carboxylic acids is 1.